The van der Waals surface area contributed by atoms with E-state index in [2.05, 4.69) is 27.1 Å². The highest BCUT2D eigenvalue weighted by Crippen LogP contribution is 2.38. The molecule has 5 heteroatoms. The van der Waals surface area contributed by atoms with E-state index in [1.807, 2.05) is 0 Å². The zero-order valence-corrected chi connectivity index (χ0v) is 12.5. The molecule has 1 atom stereocenters. The molecule has 0 radical (unpaired) electrons. The molecule has 20 heavy (non-hydrogen) atoms. The van der Waals surface area contributed by atoms with E-state index in [9.17, 15) is 0 Å². The standard InChI is InChI=1S/C15H24N4O/c1-12-13(17-11-18-14(12)20-2)19-8-4-6-15(10-19)5-3-7-16-9-15/h11,16H,3-10H2,1-2H3. The maximum Gasteiger partial charge on any atom is 0.221 e. The molecule has 5 nitrogen and oxygen atoms in total. The molecule has 2 aliphatic rings. The van der Waals surface area contributed by atoms with Crippen LogP contribution in [0.5, 0.6) is 5.88 Å². The number of nitrogens with one attached hydrogen (secondary N) is 1. The van der Waals surface area contributed by atoms with Crippen LogP contribution in [0.15, 0.2) is 6.33 Å². The van der Waals surface area contributed by atoms with Crippen LogP contribution >= 0.6 is 0 Å². The lowest BCUT2D eigenvalue weighted by Gasteiger charge is -2.46. The van der Waals surface area contributed by atoms with Crippen molar-refractivity contribution in [2.24, 2.45) is 5.41 Å². The smallest absolute Gasteiger partial charge is 0.221 e. The van der Waals surface area contributed by atoms with E-state index in [0.29, 0.717) is 11.3 Å². The first-order chi connectivity index (χ1) is 9.74. The summed E-state index contributed by atoms with van der Waals surface area (Å²) in [4.78, 5) is 11.1. The molecule has 1 spiro atoms. The molecule has 3 rings (SSSR count). The Labute approximate surface area is 120 Å². The lowest BCUT2D eigenvalue weighted by Crippen LogP contribution is -2.51. The molecule has 0 aliphatic carbocycles. The monoisotopic (exact) mass is 276 g/mol. The van der Waals surface area contributed by atoms with Gasteiger partial charge in [-0.25, -0.2) is 9.97 Å². The summed E-state index contributed by atoms with van der Waals surface area (Å²) in [5.74, 6) is 1.73. The first kappa shape index (κ1) is 13.6. The molecule has 1 aromatic heterocycles. The summed E-state index contributed by atoms with van der Waals surface area (Å²) >= 11 is 0. The third-order valence-electron chi connectivity index (χ3n) is 4.73. The van der Waals surface area contributed by atoms with Gasteiger partial charge in [0.2, 0.25) is 5.88 Å². The number of anilines is 1. The Balaban J connectivity index is 1.83. The molecule has 0 saturated carbocycles. The van der Waals surface area contributed by atoms with E-state index in [0.717, 1.165) is 31.0 Å². The van der Waals surface area contributed by atoms with Gasteiger partial charge in [0.05, 0.1) is 12.7 Å². The zero-order chi connectivity index (χ0) is 14.0. The number of rotatable bonds is 2. The molecule has 0 amide bonds. The summed E-state index contributed by atoms with van der Waals surface area (Å²) < 4.78 is 5.32. The van der Waals surface area contributed by atoms with Crippen molar-refractivity contribution in [1.82, 2.24) is 15.3 Å². The van der Waals surface area contributed by atoms with Crippen molar-refractivity contribution in [1.29, 1.82) is 0 Å². The molecular formula is C15H24N4O. The van der Waals surface area contributed by atoms with Crippen LogP contribution in [-0.4, -0.2) is 43.3 Å². The molecule has 0 bridgehead atoms. The first-order valence-electron chi connectivity index (χ1n) is 7.55. The van der Waals surface area contributed by atoms with E-state index in [4.69, 9.17) is 4.74 Å². The van der Waals surface area contributed by atoms with Gasteiger partial charge < -0.3 is 15.0 Å². The highest BCUT2D eigenvalue weighted by atomic mass is 16.5. The zero-order valence-electron chi connectivity index (χ0n) is 12.5. The highest BCUT2D eigenvalue weighted by Gasteiger charge is 2.37. The van der Waals surface area contributed by atoms with Crippen LogP contribution < -0.4 is 15.0 Å². The number of hydrogen-bond acceptors (Lipinski definition) is 5. The van der Waals surface area contributed by atoms with E-state index in [1.165, 1.54) is 32.2 Å². The summed E-state index contributed by atoms with van der Waals surface area (Å²) in [5, 5.41) is 3.57. The van der Waals surface area contributed by atoms with Crippen molar-refractivity contribution in [3.63, 3.8) is 0 Å². The molecule has 110 valence electrons. The molecule has 2 saturated heterocycles. The minimum absolute atomic E-state index is 0.432. The number of methoxy groups -OCH3 is 1. The topological polar surface area (TPSA) is 50.3 Å². The van der Waals surface area contributed by atoms with Gasteiger partial charge in [0, 0.05) is 25.0 Å². The van der Waals surface area contributed by atoms with Crippen molar-refractivity contribution in [2.75, 3.05) is 38.2 Å². The molecular weight excluding hydrogens is 252 g/mol. The van der Waals surface area contributed by atoms with E-state index in [1.54, 1.807) is 13.4 Å². The van der Waals surface area contributed by atoms with Crippen LogP contribution in [0.25, 0.3) is 0 Å². The predicted molar refractivity (Wildman–Crippen MR) is 79.3 cm³/mol. The van der Waals surface area contributed by atoms with Crippen LogP contribution in [0.2, 0.25) is 0 Å². The Morgan fingerprint density at radius 3 is 2.90 bits per heavy atom. The maximum absolute atomic E-state index is 5.32. The molecule has 1 aromatic rings. The predicted octanol–water partition coefficient (Wildman–Crippen LogP) is 1.76. The fourth-order valence-electron chi connectivity index (χ4n) is 3.72. The third kappa shape index (κ3) is 2.46. The highest BCUT2D eigenvalue weighted by molar-refractivity contribution is 5.50. The lowest BCUT2D eigenvalue weighted by molar-refractivity contribution is 0.172. The minimum atomic E-state index is 0.432. The largest absolute Gasteiger partial charge is 0.481 e. The van der Waals surface area contributed by atoms with Crippen molar-refractivity contribution in [2.45, 2.75) is 32.6 Å². The van der Waals surface area contributed by atoms with Gasteiger partial charge in [0.1, 0.15) is 12.1 Å². The van der Waals surface area contributed by atoms with E-state index >= 15 is 0 Å². The fourth-order valence-corrected chi connectivity index (χ4v) is 3.72. The van der Waals surface area contributed by atoms with Gasteiger partial charge in [-0.1, -0.05) is 0 Å². The van der Waals surface area contributed by atoms with Crippen molar-refractivity contribution < 1.29 is 4.74 Å². The van der Waals surface area contributed by atoms with Crippen molar-refractivity contribution >= 4 is 5.82 Å². The van der Waals surface area contributed by atoms with Gasteiger partial charge in [-0.3, -0.25) is 0 Å². The Hall–Kier alpha value is -1.36. The van der Waals surface area contributed by atoms with Gasteiger partial charge in [-0.05, 0) is 39.2 Å². The number of aromatic nitrogens is 2. The number of piperidine rings is 2. The van der Waals surface area contributed by atoms with Crippen LogP contribution in [-0.2, 0) is 0 Å². The quantitative estimate of drug-likeness (QED) is 0.892. The first-order valence-corrected chi connectivity index (χ1v) is 7.55. The third-order valence-corrected chi connectivity index (χ3v) is 4.73. The van der Waals surface area contributed by atoms with Gasteiger partial charge in [-0.15, -0.1) is 0 Å². The number of ether oxygens (including phenoxy) is 1. The van der Waals surface area contributed by atoms with Gasteiger partial charge in [-0.2, -0.15) is 0 Å². The maximum atomic E-state index is 5.32. The molecule has 1 unspecified atom stereocenters. The molecule has 2 fully saturated rings. The molecule has 3 heterocycles. The average molecular weight is 276 g/mol. The summed E-state index contributed by atoms with van der Waals surface area (Å²) in [6.07, 6.45) is 6.81. The summed E-state index contributed by atoms with van der Waals surface area (Å²) in [5.41, 5.74) is 1.48. The number of hydrogen-bond donors (Lipinski definition) is 1. The van der Waals surface area contributed by atoms with Gasteiger partial charge in [0.15, 0.2) is 0 Å². The Bertz CT molecular complexity index is 465. The Morgan fingerprint density at radius 1 is 1.30 bits per heavy atom. The SMILES string of the molecule is COc1ncnc(N2CCCC3(CCCNC3)C2)c1C. The Morgan fingerprint density at radius 2 is 2.15 bits per heavy atom. The molecule has 0 aromatic carbocycles. The molecule has 2 aliphatic heterocycles. The van der Waals surface area contributed by atoms with Crippen LogP contribution in [0, 0.1) is 12.3 Å². The van der Waals surface area contributed by atoms with Crippen LogP contribution in [0.3, 0.4) is 0 Å². The van der Waals surface area contributed by atoms with E-state index < -0.39 is 0 Å². The fraction of sp³-hybridized carbons (Fsp3) is 0.733. The van der Waals surface area contributed by atoms with Gasteiger partial charge >= 0.3 is 0 Å². The summed E-state index contributed by atoms with van der Waals surface area (Å²) in [6, 6.07) is 0. The normalized spacial score (nSPS) is 26.8. The second kappa shape index (κ2) is 5.56. The minimum Gasteiger partial charge on any atom is -0.481 e. The summed E-state index contributed by atoms with van der Waals surface area (Å²) in [7, 11) is 1.67. The van der Waals surface area contributed by atoms with Crippen LogP contribution in [0.4, 0.5) is 5.82 Å². The Kier molecular flexibility index (Phi) is 3.78. The van der Waals surface area contributed by atoms with Crippen molar-refractivity contribution in [3.8, 4) is 5.88 Å². The number of nitrogens with zero attached hydrogens (tertiary/aromatic N) is 3. The molecule has 1 N–H and O–H groups in total. The second-order valence-electron chi connectivity index (χ2n) is 6.14. The summed E-state index contributed by atoms with van der Waals surface area (Å²) in [6.45, 7) is 6.55. The van der Waals surface area contributed by atoms with Crippen LogP contribution in [0.1, 0.15) is 31.2 Å². The average Bonchev–Trinajstić information content (AvgIpc) is 2.48. The second-order valence-corrected chi connectivity index (χ2v) is 6.14. The lowest BCUT2D eigenvalue weighted by atomic mass is 9.74. The van der Waals surface area contributed by atoms with E-state index in [-0.39, 0.29) is 0 Å². The van der Waals surface area contributed by atoms with Gasteiger partial charge in [0.25, 0.3) is 0 Å². The van der Waals surface area contributed by atoms with Crippen molar-refractivity contribution in [3.05, 3.63) is 11.9 Å².